The number of fused-ring (bicyclic) bond motifs is 8. The van der Waals surface area contributed by atoms with Gasteiger partial charge in [0.05, 0.1) is 28.5 Å². The molecule has 5 nitrogen and oxygen atoms in total. The van der Waals surface area contributed by atoms with Crippen molar-refractivity contribution < 1.29 is 4.79 Å². The van der Waals surface area contributed by atoms with Gasteiger partial charge in [-0.25, -0.2) is 4.99 Å². The van der Waals surface area contributed by atoms with Crippen LogP contribution in [0.1, 0.15) is 155 Å². The van der Waals surface area contributed by atoms with Crippen LogP contribution in [0.2, 0.25) is 0 Å². The van der Waals surface area contributed by atoms with Crippen LogP contribution in [0.5, 0.6) is 0 Å². The van der Waals surface area contributed by atoms with Gasteiger partial charge in [0.25, 0.3) is 0 Å². The molecule has 380 valence electrons. The van der Waals surface area contributed by atoms with E-state index in [2.05, 4.69) is 245 Å². The molecule has 4 heterocycles. The highest BCUT2D eigenvalue weighted by molar-refractivity contribution is 9.10. The van der Waals surface area contributed by atoms with Crippen LogP contribution in [0, 0.1) is 27.7 Å². The first kappa shape index (κ1) is 51.9. The zero-order chi connectivity index (χ0) is 53.2. The van der Waals surface area contributed by atoms with Crippen molar-refractivity contribution in [2.24, 2.45) is 4.99 Å². The van der Waals surface area contributed by atoms with Crippen LogP contribution in [-0.4, -0.2) is 26.9 Å². The monoisotopic (exact) mass is 1110 g/mol. The molecule has 0 fully saturated rings. The Labute approximate surface area is 460 Å². The molecule has 3 aliphatic rings. The molecule has 0 spiro atoms. The van der Waals surface area contributed by atoms with Gasteiger partial charge in [0, 0.05) is 78.1 Å². The molecule has 0 unspecified atom stereocenters. The Hall–Kier alpha value is -6.54. The highest BCUT2D eigenvalue weighted by Gasteiger charge is 2.29. The average molecular weight is 1120 g/mol. The number of aromatic amines is 3. The van der Waals surface area contributed by atoms with Crippen LogP contribution in [0.15, 0.2) is 129 Å². The van der Waals surface area contributed by atoms with Crippen molar-refractivity contribution in [1.29, 1.82) is 0 Å². The standard InChI is InChI=1S/C34H33BrN2.C20H22BrN.C14H13NO/c1-7-24-27-16-21-10-8-9-11-25(21)32(27)36-29(24)18-30-26-13-12-23(35)17-28(26)33(37-30)31-19(2)14-22(15-20(31)3)34(4,5)6;1-12-8-15(20(3,4)5)9-13(2)18(12)19-17-10-16(21)7-6-14(17)11-22-19;1-2-10-12-7-9-5-3-4-6-11(9)14(12)15-13(10)8-16/h8-15,17-18,36H,7,16H2,1-6H3;6-11,22H,1-5H3;3-6,8,15H,2,7H2,1H3. The maximum atomic E-state index is 11.0. The number of carbonyl (C=O) groups is 1. The summed E-state index contributed by atoms with van der Waals surface area (Å²) in [6, 6.07) is 39.4. The number of rotatable bonds is 6. The van der Waals surface area contributed by atoms with Crippen LogP contribution in [0.3, 0.4) is 0 Å². The molecule has 0 saturated heterocycles. The Balaban J connectivity index is 0.000000142. The van der Waals surface area contributed by atoms with E-state index < -0.39 is 0 Å². The van der Waals surface area contributed by atoms with Gasteiger partial charge in [-0.15, -0.1) is 0 Å². The largest absolute Gasteiger partial charge is 0.360 e. The number of benzene rings is 6. The molecule has 9 aromatic rings. The lowest BCUT2D eigenvalue weighted by Crippen LogP contribution is -2.14. The number of aldehydes is 1. The molecule has 0 saturated carbocycles. The van der Waals surface area contributed by atoms with Gasteiger partial charge in [0.15, 0.2) is 6.29 Å². The normalized spacial score (nSPS) is 13.6. The van der Waals surface area contributed by atoms with E-state index in [1.807, 2.05) is 6.07 Å². The second kappa shape index (κ2) is 20.2. The van der Waals surface area contributed by atoms with E-state index >= 15 is 0 Å². The number of aliphatic imine (C=N–C) groups is 1. The number of H-pyrrole nitrogens is 3. The minimum absolute atomic E-state index is 0.112. The van der Waals surface area contributed by atoms with E-state index in [0.717, 1.165) is 63.7 Å². The molecule has 1 aliphatic heterocycles. The average Bonchev–Trinajstić information content (AvgIpc) is 4.22. The van der Waals surface area contributed by atoms with Gasteiger partial charge in [0.1, 0.15) is 0 Å². The summed E-state index contributed by atoms with van der Waals surface area (Å²) in [4.78, 5) is 26.8. The van der Waals surface area contributed by atoms with Crippen LogP contribution in [0.4, 0.5) is 0 Å². The third kappa shape index (κ3) is 9.72. The van der Waals surface area contributed by atoms with Crippen LogP contribution < -0.4 is 0 Å². The first-order chi connectivity index (χ1) is 35.8. The molecule has 0 bridgehead atoms. The molecular weight excluding hydrogens is 1050 g/mol. The number of hydrogen-bond donors (Lipinski definition) is 3. The Kier molecular flexibility index (Phi) is 14.0. The molecule has 0 amide bonds. The van der Waals surface area contributed by atoms with Gasteiger partial charge in [-0.05, 0) is 154 Å². The Morgan fingerprint density at radius 1 is 0.560 bits per heavy atom. The maximum Gasteiger partial charge on any atom is 0.166 e. The van der Waals surface area contributed by atoms with Crippen LogP contribution >= 0.6 is 31.9 Å². The number of halogens is 2. The van der Waals surface area contributed by atoms with Crippen molar-refractivity contribution in [3.05, 3.63) is 219 Å². The number of hydrogen-bond acceptors (Lipinski definition) is 2. The topological polar surface area (TPSA) is 76.8 Å². The summed E-state index contributed by atoms with van der Waals surface area (Å²) in [5.74, 6) is 0. The third-order valence-electron chi connectivity index (χ3n) is 15.6. The van der Waals surface area contributed by atoms with Gasteiger partial charge in [-0.1, -0.05) is 172 Å². The van der Waals surface area contributed by atoms with Gasteiger partial charge in [-0.3, -0.25) is 4.79 Å². The molecule has 3 aromatic heterocycles. The summed E-state index contributed by atoms with van der Waals surface area (Å²) in [7, 11) is 0. The first-order valence-electron chi connectivity index (χ1n) is 26.5. The summed E-state index contributed by atoms with van der Waals surface area (Å²) < 4.78 is 2.19. The van der Waals surface area contributed by atoms with Crippen molar-refractivity contribution >= 4 is 66.4 Å². The lowest BCUT2D eigenvalue weighted by atomic mass is 9.82. The molecule has 6 aromatic carbocycles. The molecule has 2 aliphatic carbocycles. The molecular formula is C68H68Br2N4O. The van der Waals surface area contributed by atoms with Gasteiger partial charge in [0.2, 0.25) is 0 Å². The molecule has 12 rings (SSSR count). The van der Waals surface area contributed by atoms with E-state index in [9.17, 15) is 4.79 Å². The van der Waals surface area contributed by atoms with Crippen molar-refractivity contribution in [3.8, 4) is 33.8 Å². The lowest BCUT2D eigenvalue weighted by Gasteiger charge is -2.22. The number of aryl methyl sites for hydroxylation is 4. The number of nitrogens with zero attached hydrogens (tertiary/aromatic N) is 1. The maximum absolute atomic E-state index is 11.0. The summed E-state index contributed by atoms with van der Waals surface area (Å²) in [6.45, 7) is 26.8. The predicted octanol–water partition coefficient (Wildman–Crippen LogP) is 18.6. The number of aromatic nitrogens is 3. The number of carbonyl (C=O) groups excluding carboxylic acids is 1. The summed E-state index contributed by atoms with van der Waals surface area (Å²) in [5, 5.41) is 2.51. The zero-order valence-electron chi connectivity index (χ0n) is 45.6. The van der Waals surface area contributed by atoms with Crippen molar-refractivity contribution in [1.82, 2.24) is 15.0 Å². The van der Waals surface area contributed by atoms with E-state index in [0.29, 0.717) is 0 Å². The SMILES string of the molecule is CCc1c(C=C2N=C(c3c(C)cc(C(C)(C)C)cc3C)c3cc(Br)ccc32)[nH]c2c1Cc1ccccc1-2.CCc1c(C=O)[nH]c2c1Cc1ccccc1-2.Cc1cc(C(C)(C)C)cc(C)c1-c1[nH]cc2ccc(Br)cc12. The van der Waals surface area contributed by atoms with Gasteiger partial charge < -0.3 is 15.0 Å². The Bertz CT molecular complexity index is 3750. The molecule has 0 atom stereocenters. The molecule has 7 heteroatoms. The van der Waals surface area contributed by atoms with E-state index in [-0.39, 0.29) is 10.8 Å². The minimum Gasteiger partial charge on any atom is -0.360 e. The highest BCUT2D eigenvalue weighted by atomic mass is 79.9. The highest BCUT2D eigenvalue weighted by Crippen LogP contribution is 2.44. The van der Waals surface area contributed by atoms with E-state index in [1.165, 1.54) is 128 Å². The fourth-order valence-corrected chi connectivity index (χ4v) is 12.5. The van der Waals surface area contributed by atoms with Crippen molar-refractivity contribution in [2.45, 2.75) is 120 Å². The van der Waals surface area contributed by atoms with Crippen molar-refractivity contribution in [2.75, 3.05) is 0 Å². The van der Waals surface area contributed by atoms with Gasteiger partial charge in [-0.2, -0.15) is 0 Å². The van der Waals surface area contributed by atoms with Gasteiger partial charge >= 0.3 is 0 Å². The van der Waals surface area contributed by atoms with Crippen LogP contribution in [0.25, 0.3) is 56.3 Å². The quantitative estimate of drug-likeness (QED) is 0.143. The third-order valence-corrected chi connectivity index (χ3v) is 16.6. The van der Waals surface area contributed by atoms with E-state index in [4.69, 9.17) is 4.99 Å². The lowest BCUT2D eigenvalue weighted by molar-refractivity contribution is 0.111. The predicted molar refractivity (Wildman–Crippen MR) is 324 cm³/mol. The molecule has 0 radical (unpaired) electrons. The van der Waals surface area contributed by atoms with Crippen LogP contribution in [-0.2, 0) is 36.5 Å². The van der Waals surface area contributed by atoms with Crippen molar-refractivity contribution in [3.63, 3.8) is 0 Å². The summed E-state index contributed by atoms with van der Waals surface area (Å²) in [6.07, 6.45) is 9.16. The fourth-order valence-electron chi connectivity index (χ4n) is 11.8. The zero-order valence-corrected chi connectivity index (χ0v) is 48.7. The Morgan fingerprint density at radius 3 is 1.59 bits per heavy atom. The second-order valence-corrected chi connectivity index (χ2v) is 24.6. The Morgan fingerprint density at radius 2 is 1.05 bits per heavy atom. The smallest absolute Gasteiger partial charge is 0.166 e. The van der Waals surface area contributed by atoms with E-state index in [1.54, 1.807) is 0 Å². The minimum atomic E-state index is 0.112. The summed E-state index contributed by atoms with van der Waals surface area (Å²) >= 11 is 7.30. The fraction of sp³-hybridized carbons (Fsp3) is 0.265. The second-order valence-electron chi connectivity index (χ2n) is 22.8. The summed E-state index contributed by atoms with van der Waals surface area (Å²) in [5.41, 5.74) is 31.6. The number of nitrogens with one attached hydrogen (secondary N) is 3. The first-order valence-corrected chi connectivity index (χ1v) is 28.1. The molecule has 75 heavy (non-hydrogen) atoms. The molecule has 3 N–H and O–H groups in total.